The van der Waals surface area contributed by atoms with Crippen LogP contribution in [0.4, 0.5) is 158 Å². The van der Waals surface area contributed by atoms with E-state index in [-0.39, 0.29) is 6.54 Å². The van der Waals surface area contributed by atoms with Crippen molar-refractivity contribution in [2.24, 2.45) is 0 Å². The van der Waals surface area contributed by atoms with Gasteiger partial charge in [0.05, 0.1) is 0 Å². The summed E-state index contributed by atoms with van der Waals surface area (Å²) < 4.78 is 406. The zero-order valence-corrected chi connectivity index (χ0v) is 41.8. The fraction of sp³-hybridized carbons (Fsp3) is 0.778. The first-order chi connectivity index (χ1) is 33.2. The van der Waals surface area contributed by atoms with Crippen LogP contribution in [0.15, 0.2) is 0 Å². The molecule has 0 heterocycles. The molecule has 0 saturated heterocycles. The van der Waals surface area contributed by atoms with Gasteiger partial charge in [-0.1, -0.05) is 0 Å². The molecule has 0 rings (SSSR count). The van der Waals surface area contributed by atoms with E-state index in [0.717, 1.165) is 0 Å². The molecule has 0 aromatic heterocycles. The lowest BCUT2D eigenvalue weighted by molar-refractivity contribution is -0.274. The standard InChI is InChI=1S/C10H28FNO5Si4.5C3F6O.C2H2F4/c1-14-21(6,9-7-8-12-10(11)13)17-20(5)16-19(4)15-18(2)3;5*4-1(10)2(5,6)3(7,8)9;3-1-2(4,5)6/h18-20H,7-9H2,1-6H3,(H,12,13);;;;;;1H2. The second-order valence-corrected chi connectivity index (χ2v) is 23.4. The highest BCUT2D eigenvalue weighted by molar-refractivity contribution is 6.75. The molecule has 0 aromatic carbocycles. The van der Waals surface area contributed by atoms with Crippen molar-refractivity contribution in [1.82, 2.24) is 5.32 Å². The highest BCUT2D eigenvalue weighted by Crippen LogP contribution is 2.39. The summed E-state index contributed by atoms with van der Waals surface area (Å²) in [6, 6.07) is -17.8. The van der Waals surface area contributed by atoms with Gasteiger partial charge in [0.1, 0.15) is 0 Å². The number of carbonyl (C=O) groups is 6. The summed E-state index contributed by atoms with van der Waals surface area (Å²) in [5, 5.41) is 2.13. The number of nitrogens with one attached hydrogen (secondary N) is 1. The first kappa shape index (κ1) is 87.0. The van der Waals surface area contributed by atoms with Crippen molar-refractivity contribution in [2.75, 3.05) is 20.3 Å². The number of halogens is 35. The lowest BCUT2D eigenvalue weighted by atomic mass is 10.3. The molecule has 0 saturated carbocycles. The summed E-state index contributed by atoms with van der Waals surface area (Å²) in [6.45, 7) is 8.24. The summed E-state index contributed by atoms with van der Waals surface area (Å²) in [6.07, 6.45) is -36.2. The molecule has 0 fully saturated rings. The molecule has 464 valence electrons. The van der Waals surface area contributed by atoms with Crippen LogP contribution in [0.25, 0.3) is 0 Å². The number of rotatable bonds is 16. The van der Waals surface area contributed by atoms with Crippen molar-refractivity contribution >= 4 is 72.5 Å². The normalized spacial score (nSPS) is 14.4. The van der Waals surface area contributed by atoms with Gasteiger partial charge in [0.15, 0.2) is 15.7 Å². The number of hydrogen-bond acceptors (Lipinski definition) is 10. The Morgan fingerprint density at radius 2 is 0.649 bits per heavy atom. The quantitative estimate of drug-likeness (QED) is 0.0520. The van der Waals surface area contributed by atoms with Crippen molar-refractivity contribution in [2.45, 2.75) is 112 Å². The van der Waals surface area contributed by atoms with Gasteiger partial charge in [0.2, 0.25) is 0 Å². The lowest BCUT2D eigenvalue weighted by Crippen LogP contribution is -2.45. The number of amides is 1. The molecule has 50 heteroatoms. The minimum absolute atomic E-state index is 0.286. The fourth-order valence-electron chi connectivity index (χ4n) is 2.43. The van der Waals surface area contributed by atoms with E-state index in [1.807, 2.05) is 19.6 Å². The van der Waals surface area contributed by atoms with Gasteiger partial charge in [-0.05, 0) is 45.2 Å². The minimum Gasteiger partial charge on any atom is -0.442 e. The Balaban J connectivity index is -0.000000154. The Morgan fingerprint density at radius 1 is 0.429 bits per heavy atom. The summed E-state index contributed by atoms with van der Waals surface area (Å²) in [4.78, 5) is 55.1. The van der Waals surface area contributed by atoms with E-state index in [1.54, 1.807) is 7.11 Å². The molecule has 3 atom stereocenters. The van der Waals surface area contributed by atoms with Gasteiger partial charge in [-0.15, -0.1) is 4.39 Å². The van der Waals surface area contributed by atoms with Crippen molar-refractivity contribution in [1.29, 1.82) is 0 Å². The Labute approximate surface area is 409 Å². The summed E-state index contributed by atoms with van der Waals surface area (Å²) >= 11 is 0. The van der Waals surface area contributed by atoms with Crippen LogP contribution >= 0.6 is 0 Å². The van der Waals surface area contributed by atoms with Crippen LogP contribution in [0, 0.1) is 0 Å². The SMILES string of the molecule is CO[Si](C)(CCCNC(=O)F)O[SiH](C)O[SiH](C)O[SiH](C)C.FCC(F)(F)F.O=C(F)C(F)(F)C(F)(F)F.O=C(F)C(F)(F)C(F)(F)F.O=C(F)C(F)(F)C(F)(F)F.O=C(F)C(F)(F)C(F)(F)F.O=C(F)C(F)(F)C(F)(F)F. The van der Waals surface area contributed by atoms with Crippen LogP contribution in [0.5, 0.6) is 0 Å². The van der Waals surface area contributed by atoms with Gasteiger partial charge in [0.25, 0.3) is 18.6 Å². The highest BCUT2D eigenvalue weighted by atomic mass is 28.5. The topological polar surface area (TPSA) is 151 Å². The fourth-order valence-corrected chi connectivity index (χ4v) is 13.9. The van der Waals surface area contributed by atoms with Gasteiger partial charge in [0, 0.05) is 13.7 Å². The molecule has 77 heavy (non-hydrogen) atoms. The maximum atomic E-state index is 12.0. The molecule has 1 amide bonds. The van der Waals surface area contributed by atoms with Crippen LogP contribution in [-0.4, -0.2) is 160 Å². The van der Waals surface area contributed by atoms with Gasteiger partial charge in [-0.2, -0.15) is 145 Å². The number of hydrogen-bond donors (Lipinski definition) is 1. The molecule has 0 aliphatic heterocycles. The molecule has 3 unspecified atom stereocenters. The number of alkyl halides is 29. The van der Waals surface area contributed by atoms with Gasteiger partial charge < -0.3 is 22.1 Å². The van der Waals surface area contributed by atoms with E-state index in [2.05, 4.69) is 18.4 Å². The van der Waals surface area contributed by atoms with Crippen LogP contribution in [0.2, 0.25) is 38.8 Å². The molecule has 0 aromatic rings. The van der Waals surface area contributed by atoms with Crippen molar-refractivity contribution in [3.63, 3.8) is 0 Å². The van der Waals surface area contributed by atoms with Crippen molar-refractivity contribution in [3.8, 4) is 0 Å². The largest absolute Gasteiger partial charge is 0.464 e. The molecule has 11 nitrogen and oxygen atoms in total. The average molecular weight is 1310 g/mol. The summed E-state index contributed by atoms with van der Waals surface area (Å²) in [5.74, 6) is -29.3. The van der Waals surface area contributed by atoms with Crippen LogP contribution < -0.4 is 5.32 Å². The molecular weight excluding hydrogens is 1280 g/mol. The van der Waals surface area contributed by atoms with Gasteiger partial charge in [-0.25, -0.2) is 9.18 Å². The first-order valence-electron chi connectivity index (χ1n) is 17.5. The molecule has 0 radical (unpaired) electrons. The zero-order valence-electron chi connectivity index (χ0n) is 37.4. The Kier molecular flexibility index (Phi) is 38.0. The third-order valence-electron chi connectivity index (χ3n) is 5.93. The third-order valence-corrected chi connectivity index (χ3v) is 18.2. The molecule has 0 bridgehead atoms. The van der Waals surface area contributed by atoms with Crippen molar-refractivity contribution < 1.29 is 199 Å². The number of carbonyl (C=O) groups excluding carboxylic acids is 6. The molecule has 1 N–H and O–H groups in total. The first-order valence-corrected chi connectivity index (χ1v) is 27.0. The van der Waals surface area contributed by atoms with E-state index >= 15 is 0 Å². The second-order valence-electron chi connectivity index (χ2n) is 12.7. The summed E-state index contributed by atoms with van der Waals surface area (Å²) in [5.41, 5.74) is 0. The van der Waals surface area contributed by atoms with Gasteiger partial charge in [-0.3, -0.25) is 24.0 Å². The monoisotopic (exact) mass is 1310 g/mol. The van der Waals surface area contributed by atoms with Crippen LogP contribution in [-0.2, 0) is 40.7 Å². The zero-order chi connectivity index (χ0) is 64.6. The Morgan fingerprint density at radius 3 is 0.779 bits per heavy atom. The second kappa shape index (κ2) is 33.6. The minimum atomic E-state index is -6.14. The summed E-state index contributed by atoms with van der Waals surface area (Å²) in [7, 11) is -5.18. The van der Waals surface area contributed by atoms with E-state index < -0.39 is 146 Å². The van der Waals surface area contributed by atoms with E-state index in [0.29, 0.717) is 12.5 Å². The Bertz CT molecular complexity index is 1580. The lowest BCUT2D eigenvalue weighted by Gasteiger charge is -2.30. The third kappa shape index (κ3) is 36.8. The molecule has 0 aliphatic rings. The van der Waals surface area contributed by atoms with E-state index in [9.17, 15) is 158 Å². The highest BCUT2D eigenvalue weighted by Gasteiger charge is 2.67. The van der Waals surface area contributed by atoms with Crippen LogP contribution in [0.3, 0.4) is 0 Å². The smallest absolute Gasteiger partial charge is 0.442 e. The van der Waals surface area contributed by atoms with Crippen molar-refractivity contribution in [3.05, 3.63) is 0 Å². The maximum absolute atomic E-state index is 12.0. The Hall–Kier alpha value is -3.92. The molecule has 0 aliphatic carbocycles. The molecular formula is C27H30F35NO10Si4. The predicted molar refractivity (Wildman–Crippen MR) is 188 cm³/mol. The average Bonchev–Trinajstić information content (AvgIpc) is 3.17. The van der Waals surface area contributed by atoms with Crippen LogP contribution in [0.1, 0.15) is 6.42 Å². The van der Waals surface area contributed by atoms with E-state index in [1.165, 1.54) is 0 Å². The van der Waals surface area contributed by atoms with Gasteiger partial charge >= 0.3 is 112 Å². The maximum Gasteiger partial charge on any atom is 0.464 e. The predicted octanol–water partition coefficient (Wildman–Crippen LogP) is 11.4. The van der Waals surface area contributed by atoms with E-state index in [4.69, 9.17) is 40.7 Å². The molecule has 0 spiro atoms.